The minimum atomic E-state index is -4.39. The number of nitrogens with one attached hydrogen (secondary N) is 1. The molecular weight excluding hydrogens is 195 g/mol. The molecule has 1 atom stereocenters. The first kappa shape index (κ1) is 11.0. The molecule has 0 saturated heterocycles. The topological polar surface area (TPSA) is 54.7 Å². The van der Waals surface area contributed by atoms with Gasteiger partial charge in [0, 0.05) is 0 Å². The SMILES string of the molecule is CC(C)C(N)c1ncc(C(F)(F)F)[nH]1. The van der Waals surface area contributed by atoms with E-state index in [0.29, 0.717) is 0 Å². The molecule has 1 rings (SSSR count). The van der Waals surface area contributed by atoms with Gasteiger partial charge in [-0.25, -0.2) is 4.98 Å². The van der Waals surface area contributed by atoms with Crippen LogP contribution in [0, 0.1) is 5.92 Å². The zero-order chi connectivity index (χ0) is 10.9. The van der Waals surface area contributed by atoms with Crippen LogP contribution >= 0.6 is 0 Å². The Hall–Kier alpha value is -1.04. The van der Waals surface area contributed by atoms with Crippen molar-refractivity contribution < 1.29 is 13.2 Å². The van der Waals surface area contributed by atoms with Crippen molar-refractivity contribution in [3.8, 4) is 0 Å². The normalized spacial score (nSPS) is 14.8. The van der Waals surface area contributed by atoms with Crippen molar-refractivity contribution in [3.05, 3.63) is 17.7 Å². The van der Waals surface area contributed by atoms with E-state index in [1.165, 1.54) is 0 Å². The van der Waals surface area contributed by atoms with E-state index in [1.54, 1.807) is 0 Å². The minimum absolute atomic E-state index is 0.0437. The van der Waals surface area contributed by atoms with Gasteiger partial charge in [-0.15, -0.1) is 0 Å². The molecule has 1 aromatic rings. The van der Waals surface area contributed by atoms with Crippen LogP contribution in [0.4, 0.5) is 13.2 Å². The summed E-state index contributed by atoms with van der Waals surface area (Å²) in [7, 11) is 0. The molecule has 0 radical (unpaired) electrons. The van der Waals surface area contributed by atoms with Crippen LogP contribution < -0.4 is 5.73 Å². The summed E-state index contributed by atoms with van der Waals surface area (Å²) in [4.78, 5) is 5.78. The summed E-state index contributed by atoms with van der Waals surface area (Å²) in [5.74, 6) is 0.217. The van der Waals surface area contributed by atoms with Crippen LogP contribution in [-0.4, -0.2) is 9.97 Å². The fourth-order valence-electron chi connectivity index (χ4n) is 0.966. The molecule has 0 bridgehead atoms. The van der Waals surface area contributed by atoms with Gasteiger partial charge in [0.15, 0.2) is 0 Å². The highest BCUT2D eigenvalue weighted by molar-refractivity contribution is 5.07. The first-order valence-electron chi connectivity index (χ1n) is 4.20. The molecule has 6 heteroatoms. The van der Waals surface area contributed by atoms with Crippen LogP contribution in [0.2, 0.25) is 0 Å². The maximum Gasteiger partial charge on any atom is 0.432 e. The summed E-state index contributed by atoms with van der Waals surface area (Å²) in [5, 5.41) is 0. The van der Waals surface area contributed by atoms with Crippen molar-refractivity contribution in [2.45, 2.75) is 26.1 Å². The largest absolute Gasteiger partial charge is 0.432 e. The summed E-state index contributed by atoms with van der Waals surface area (Å²) in [6, 6.07) is -0.494. The van der Waals surface area contributed by atoms with E-state index in [4.69, 9.17) is 5.73 Å². The summed E-state index contributed by atoms with van der Waals surface area (Å²) in [5.41, 5.74) is 4.78. The molecule has 0 aliphatic rings. The number of hydrogen-bond donors (Lipinski definition) is 2. The van der Waals surface area contributed by atoms with Gasteiger partial charge in [-0.1, -0.05) is 13.8 Å². The van der Waals surface area contributed by atoms with Gasteiger partial charge in [0.1, 0.15) is 11.5 Å². The standard InChI is InChI=1S/C8H12F3N3/c1-4(2)6(12)7-13-3-5(14-7)8(9,10)11/h3-4,6H,12H2,1-2H3,(H,13,14). The molecular formula is C8H12F3N3. The van der Waals surface area contributed by atoms with Crippen LogP contribution in [0.25, 0.3) is 0 Å². The molecule has 0 aliphatic heterocycles. The maximum absolute atomic E-state index is 12.2. The monoisotopic (exact) mass is 207 g/mol. The van der Waals surface area contributed by atoms with Crippen molar-refractivity contribution in [1.29, 1.82) is 0 Å². The van der Waals surface area contributed by atoms with Crippen molar-refractivity contribution in [3.63, 3.8) is 0 Å². The first-order chi connectivity index (χ1) is 6.32. The van der Waals surface area contributed by atoms with Gasteiger partial charge in [-0.2, -0.15) is 13.2 Å². The second-order valence-electron chi connectivity index (χ2n) is 3.45. The molecule has 1 aromatic heterocycles. The van der Waals surface area contributed by atoms with Crippen molar-refractivity contribution in [2.24, 2.45) is 11.7 Å². The molecule has 14 heavy (non-hydrogen) atoms. The van der Waals surface area contributed by atoms with Crippen molar-refractivity contribution in [2.75, 3.05) is 0 Å². The lowest BCUT2D eigenvalue weighted by molar-refractivity contribution is -0.141. The van der Waals surface area contributed by atoms with E-state index < -0.39 is 17.9 Å². The molecule has 1 heterocycles. The van der Waals surface area contributed by atoms with E-state index in [1.807, 2.05) is 13.8 Å². The lowest BCUT2D eigenvalue weighted by atomic mass is 10.1. The lowest BCUT2D eigenvalue weighted by Gasteiger charge is -2.12. The fraction of sp³-hybridized carbons (Fsp3) is 0.625. The number of aromatic amines is 1. The number of alkyl halides is 3. The average molecular weight is 207 g/mol. The number of aromatic nitrogens is 2. The van der Waals surface area contributed by atoms with Gasteiger partial charge in [0.25, 0.3) is 0 Å². The van der Waals surface area contributed by atoms with E-state index in [9.17, 15) is 13.2 Å². The molecule has 3 nitrogen and oxygen atoms in total. The Bertz CT molecular complexity index is 303. The Morgan fingerprint density at radius 1 is 1.43 bits per heavy atom. The number of hydrogen-bond acceptors (Lipinski definition) is 2. The second-order valence-corrected chi connectivity index (χ2v) is 3.45. The molecule has 0 spiro atoms. The van der Waals surface area contributed by atoms with Crippen LogP contribution in [-0.2, 0) is 6.18 Å². The van der Waals surface area contributed by atoms with E-state index in [0.717, 1.165) is 6.20 Å². The molecule has 1 unspecified atom stereocenters. The fourth-order valence-corrected chi connectivity index (χ4v) is 0.966. The predicted octanol–water partition coefficient (Wildman–Crippen LogP) is 2.08. The van der Waals surface area contributed by atoms with E-state index in [-0.39, 0.29) is 11.7 Å². The quantitative estimate of drug-likeness (QED) is 0.780. The number of nitrogens with zero attached hydrogens (tertiary/aromatic N) is 1. The Kier molecular flexibility index (Phi) is 2.84. The zero-order valence-electron chi connectivity index (χ0n) is 7.89. The van der Waals surface area contributed by atoms with Gasteiger partial charge < -0.3 is 10.7 Å². The van der Waals surface area contributed by atoms with Crippen molar-refractivity contribution in [1.82, 2.24) is 9.97 Å². The maximum atomic E-state index is 12.2. The third-order valence-corrected chi connectivity index (χ3v) is 1.93. The van der Waals surface area contributed by atoms with Gasteiger partial charge >= 0.3 is 6.18 Å². The van der Waals surface area contributed by atoms with Crippen molar-refractivity contribution >= 4 is 0 Å². The Morgan fingerprint density at radius 3 is 2.36 bits per heavy atom. The lowest BCUT2D eigenvalue weighted by Crippen LogP contribution is -2.18. The molecule has 0 aromatic carbocycles. The number of nitrogens with two attached hydrogens (primary N) is 1. The molecule has 0 fully saturated rings. The zero-order valence-corrected chi connectivity index (χ0v) is 7.89. The van der Waals surface area contributed by atoms with E-state index >= 15 is 0 Å². The second kappa shape index (κ2) is 3.61. The van der Waals surface area contributed by atoms with Gasteiger partial charge in [-0.3, -0.25) is 0 Å². The van der Waals surface area contributed by atoms with Gasteiger partial charge in [-0.05, 0) is 5.92 Å². The molecule has 80 valence electrons. The highest BCUT2D eigenvalue weighted by atomic mass is 19.4. The third kappa shape index (κ3) is 2.25. The highest BCUT2D eigenvalue weighted by Gasteiger charge is 2.33. The van der Waals surface area contributed by atoms with Crippen LogP contribution in [0.5, 0.6) is 0 Å². The molecule has 0 aliphatic carbocycles. The smallest absolute Gasteiger partial charge is 0.337 e. The number of H-pyrrole nitrogens is 1. The predicted molar refractivity (Wildman–Crippen MR) is 45.4 cm³/mol. The van der Waals surface area contributed by atoms with Gasteiger partial charge in [0.2, 0.25) is 0 Å². The summed E-state index contributed by atoms with van der Waals surface area (Å²) in [6.07, 6.45) is -3.63. The Balaban J connectivity index is 2.89. The Morgan fingerprint density at radius 2 is 2.00 bits per heavy atom. The summed E-state index contributed by atoms with van der Waals surface area (Å²) < 4.78 is 36.5. The summed E-state index contributed by atoms with van der Waals surface area (Å²) in [6.45, 7) is 3.64. The highest BCUT2D eigenvalue weighted by Crippen LogP contribution is 2.28. The average Bonchev–Trinajstić information content (AvgIpc) is 2.49. The van der Waals surface area contributed by atoms with Crippen LogP contribution in [0.1, 0.15) is 31.4 Å². The molecule has 0 saturated carbocycles. The van der Waals surface area contributed by atoms with E-state index in [2.05, 4.69) is 9.97 Å². The number of imidazole rings is 1. The van der Waals surface area contributed by atoms with Crippen LogP contribution in [0.3, 0.4) is 0 Å². The van der Waals surface area contributed by atoms with Crippen LogP contribution in [0.15, 0.2) is 6.20 Å². The summed E-state index contributed by atoms with van der Waals surface area (Å²) >= 11 is 0. The van der Waals surface area contributed by atoms with Gasteiger partial charge in [0.05, 0.1) is 12.2 Å². The molecule has 0 amide bonds. The minimum Gasteiger partial charge on any atom is -0.337 e. The number of halogens is 3. The molecule has 3 N–H and O–H groups in total. The Labute approximate surface area is 79.5 Å². The third-order valence-electron chi connectivity index (χ3n) is 1.93. The number of rotatable bonds is 2. The first-order valence-corrected chi connectivity index (χ1v) is 4.20.